The van der Waals surface area contributed by atoms with Crippen LogP contribution in [0.3, 0.4) is 0 Å². The van der Waals surface area contributed by atoms with Crippen LogP contribution in [0.5, 0.6) is 5.75 Å². The van der Waals surface area contributed by atoms with Crippen molar-refractivity contribution >= 4 is 28.3 Å². The van der Waals surface area contributed by atoms with Crippen molar-refractivity contribution in [2.24, 2.45) is 17.8 Å². The number of piperidine rings is 2. The van der Waals surface area contributed by atoms with Crippen molar-refractivity contribution in [3.8, 4) is 17.0 Å². The lowest BCUT2D eigenvalue weighted by Gasteiger charge is -2.35. The van der Waals surface area contributed by atoms with Crippen molar-refractivity contribution in [3.05, 3.63) is 64.0 Å². The molecule has 2 saturated heterocycles. The number of carboxylic acids is 1. The smallest absolute Gasteiger partial charge is 0.307 e. The van der Waals surface area contributed by atoms with E-state index < -0.39 is 5.97 Å². The third kappa shape index (κ3) is 5.77. The van der Waals surface area contributed by atoms with Crippen LogP contribution in [0.1, 0.15) is 52.7 Å². The van der Waals surface area contributed by atoms with Crippen LogP contribution in [0.2, 0.25) is 0 Å². The highest BCUT2D eigenvalue weighted by molar-refractivity contribution is 7.14. The van der Waals surface area contributed by atoms with E-state index in [2.05, 4.69) is 23.3 Å². The number of thiazole rings is 1. The number of amides is 1. The molecular weight excluding hydrogens is 550 g/mol. The lowest BCUT2D eigenvalue weighted by Crippen LogP contribution is -2.44. The van der Waals surface area contributed by atoms with Gasteiger partial charge in [-0.3, -0.25) is 9.59 Å². The van der Waals surface area contributed by atoms with Gasteiger partial charge in [0.15, 0.2) is 5.13 Å². The minimum absolute atomic E-state index is 0.0699. The summed E-state index contributed by atoms with van der Waals surface area (Å²) in [5.74, 6) is 0.353. The molecule has 1 aliphatic carbocycles. The summed E-state index contributed by atoms with van der Waals surface area (Å²) in [5, 5.41) is 12.7. The molecule has 3 fully saturated rings. The van der Waals surface area contributed by atoms with Crippen LogP contribution in [0, 0.1) is 31.6 Å². The number of rotatable bonds is 8. The van der Waals surface area contributed by atoms with Gasteiger partial charge in [-0.15, -0.1) is 11.3 Å². The Bertz CT molecular complexity index is 1450. The van der Waals surface area contributed by atoms with Crippen LogP contribution in [0.15, 0.2) is 41.8 Å². The van der Waals surface area contributed by atoms with Crippen molar-refractivity contribution in [3.63, 3.8) is 0 Å². The SMILES string of the molecule is COC1CCN(C(=O)c2ccc(COc3ccc(C)cc3-c3csc(N4C[C@@H]5CC[C@@H](C4)C5C(=O)O)n3)c(C)c2)CC1. The van der Waals surface area contributed by atoms with E-state index >= 15 is 0 Å². The first-order valence-electron chi connectivity index (χ1n) is 14.9. The van der Waals surface area contributed by atoms with E-state index in [0.29, 0.717) is 12.2 Å². The van der Waals surface area contributed by atoms with Crippen LogP contribution >= 0.6 is 11.3 Å². The number of hydrogen-bond donors (Lipinski definition) is 1. The Balaban J connectivity index is 1.14. The fourth-order valence-corrected chi connectivity index (χ4v) is 7.75. The number of benzene rings is 2. The first-order valence-corrected chi connectivity index (χ1v) is 15.8. The molecular formula is C33H39N3O5S. The summed E-state index contributed by atoms with van der Waals surface area (Å²) in [6.07, 6.45) is 3.94. The molecule has 1 N–H and O–H groups in total. The molecule has 1 aromatic heterocycles. The summed E-state index contributed by atoms with van der Waals surface area (Å²) in [4.78, 5) is 34.0. The predicted octanol–water partition coefficient (Wildman–Crippen LogP) is 5.80. The zero-order valence-corrected chi connectivity index (χ0v) is 25.4. The third-order valence-electron chi connectivity index (χ3n) is 9.33. The van der Waals surface area contributed by atoms with Gasteiger partial charge < -0.3 is 24.4 Å². The fourth-order valence-electron chi connectivity index (χ4n) is 6.91. The maximum atomic E-state index is 13.1. The van der Waals surface area contributed by atoms with Crippen LogP contribution in [0.4, 0.5) is 5.13 Å². The molecule has 0 radical (unpaired) electrons. The molecule has 8 nitrogen and oxygen atoms in total. The summed E-state index contributed by atoms with van der Waals surface area (Å²) in [5.41, 5.74) is 5.71. The average Bonchev–Trinajstić information content (AvgIpc) is 3.59. The fraction of sp³-hybridized carbons (Fsp3) is 0.485. The van der Waals surface area contributed by atoms with E-state index in [-0.39, 0.29) is 29.8 Å². The summed E-state index contributed by atoms with van der Waals surface area (Å²) in [6, 6.07) is 12.0. The number of hydrogen-bond acceptors (Lipinski definition) is 7. The lowest BCUT2D eigenvalue weighted by molar-refractivity contribution is -0.144. The van der Waals surface area contributed by atoms with Crippen LogP contribution in [-0.2, 0) is 16.1 Å². The van der Waals surface area contributed by atoms with Crippen molar-refractivity contribution in [2.45, 2.75) is 52.2 Å². The molecule has 2 atom stereocenters. The summed E-state index contributed by atoms with van der Waals surface area (Å²) < 4.78 is 11.8. The second-order valence-electron chi connectivity index (χ2n) is 12.0. The van der Waals surface area contributed by atoms with Gasteiger partial charge in [-0.1, -0.05) is 17.7 Å². The molecule has 0 unspecified atom stereocenters. The number of aliphatic carboxylic acids is 1. The van der Waals surface area contributed by atoms with Gasteiger partial charge in [0.2, 0.25) is 0 Å². The lowest BCUT2D eigenvalue weighted by atomic mass is 9.85. The highest BCUT2D eigenvalue weighted by Gasteiger charge is 2.46. The van der Waals surface area contributed by atoms with E-state index in [1.807, 2.05) is 42.2 Å². The second kappa shape index (κ2) is 12.1. The summed E-state index contributed by atoms with van der Waals surface area (Å²) in [6.45, 7) is 7.41. The summed E-state index contributed by atoms with van der Waals surface area (Å²) in [7, 11) is 1.73. The number of carbonyl (C=O) groups is 2. The topological polar surface area (TPSA) is 92.2 Å². The van der Waals surface area contributed by atoms with Crippen LogP contribution in [0.25, 0.3) is 11.3 Å². The predicted molar refractivity (Wildman–Crippen MR) is 163 cm³/mol. The Kier molecular flexibility index (Phi) is 8.23. The van der Waals surface area contributed by atoms with Gasteiger partial charge >= 0.3 is 5.97 Å². The van der Waals surface area contributed by atoms with Crippen LogP contribution < -0.4 is 9.64 Å². The number of fused-ring (bicyclic) bond motifs is 2. The minimum atomic E-state index is -0.650. The molecule has 2 aliphatic heterocycles. The Morgan fingerprint density at radius 3 is 2.43 bits per heavy atom. The largest absolute Gasteiger partial charge is 0.488 e. The van der Waals surface area contributed by atoms with Crippen molar-refractivity contribution in [1.29, 1.82) is 0 Å². The maximum absolute atomic E-state index is 13.1. The van der Waals surface area contributed by atoms with E-state index in [4.69, 9.17) is 14.5 Å². The van der Waals surface area contributed by atoms with Gasteiger partial charge in [-0.2, -0.15) is 0 Å². The monoisotopic (exact) mass is 589 g/mol. The third-order valence-corrected chi connectivity index (χ3v) is 10.2. The molecule has 0 spiro atoms. The number of nitrogens with zero attached hydrogens (tertiary/aromatic N) is 3. The number of carbonyl (C=O) groups excluding carboxylic acids is 1. The summed E-state index contributed by atoms with van der Waals surface area (Å²) >= 11 is 1.61. The number of ether oxygens (including phenoxy) is 2. The number of anilines is 1. The first-order chi connectivity index (χ1) is 20.3. The number of likely N-dealkylation sites (tertiary alicyclic amines) is 1. The van der Waals surface area contributed by atoms with Crippen molar-refractivity contribution < 1.29 is 24.2 Å². The van der Waals surface area contributed by atoms with Gasteiger partial charge in [-0.05, 0) is 86.8 Å². The zero-order valence-electron chi connectivity index (χ0n) is 24.5. The zero-order chi connectivity index (χ0) is 29.4. The number of methoxy groups -OCH3 is 1. The highest BCUT2D eigenvalue weighted by atomic mass is 32.1. The van der Waals surface area contributed by atoms with Crippen molar-refractivity contribution in [2.75, 3.05) is 38.2 Å². The first kappa shape index (κ1) is 28.7. The molecule has 9 heteroatoms. The van der Waals surface area contributed by atoms with E-state index in [0.717, 1.165) is 90.7 Å². The molecule has 3 heterocycles. The van der Waals surface area contributed by atoms with Gasteiger partial charge in [0.25, 0.3) is 5.91 Å². The molecule has 1 amide bonds. The van der Waals surface area contributed by atoms with Crippen LogP contribution in [-0.4, -0.2) is 66.3 Å². The molecule has 2 aromatic carbocycles. The minimum Gasteiger partial charge on any atom is -0.488 e. The van der Waals surface area contributed by atoms with Gasteiger partial charge in [-0.25, -0.2) is 4.98 Å². The number of aromatic nitrogens is 1. The molecule has 1 saturated carbocycles. The Labute approximate surface area is 251 Å². The molecule has 6 rings (SSSR count). The molecule has 3 aliphatic rings. The van der Waals surface area contributed by atoms with Gasteiger partial charge in [0, 0.05) is 49.8 Å². The normalized spacial score (nSPS) is 22.4. The standard InChI is InChI=1S/C33H39N3O5S/c1-20-4-9-29(41-18-25-8-5-22(15-21(25)2)31(37)35-12-10-26(40-3)11-13-35)27(14-20)28-19-42-33(34-28)36-16-23-6-7-24(17-36)30(23)32(38)39/h4-5,8-9,14-15,19,23-24,26,30H,6-7,10-13,16-18H2,1-3H3,(H,38,39)/t23-,24-/m0/s1. The van der Waals surface area contributed by atoms with E-state index in [1.165, 1.54) is 0 Å². The highest BCUT2D eigenvalue weighted by Crippen LogP contribution is 2.44. The quantitative estimate of drug-likeness (QED) is 0.355. The van der Waals surface area contributed by atoms with Gasteiger partial charge in [0.05, 0.1) is 17.7 Å². The van der Waals surface area contributed by atoms with Crippen molar-refractivity contribution in [1.82, 2.24) is 9.88 Å². The maximum Gasteiger partial charge on any atom is 0.307 e. The molecule has 2 bridgehead atoms. The Morgan fingerprint density at radius 1 is 1.02 bits per heavy atom. The number of aryl methyl sites for hydroxylation is 2. The Hall–Kier alpha value is -3.43. The van der Waals surface area contributed by atoms with E-state index in [1.54, 1.807) is 18.4 Å². The molecule has 42 heavy (non-hydrogen) atoms. The second-order valence-corrected chi connectivity index (χ2v) is 12.9. The van der Waals surface area contributed by atoms with Gasteiger partial charge in [0.1, 0.15) is 12.4 Å². The number of carboxylic acid groups (broad SMARTS) is 1. The Morgan fingerprint density at radius 2 is 1.76 bits per heavy atom. The van der Waals surface area contributed by atoms with E-state index in [9.17, 15) is 14.7 Å². The average molecular weight is 590 g/mol. The molecule has 222 valence electrons. The molecule has 3 aromatic rings.